The standard InChI is InChI=1S/C25H25ClN2O2S/c1-16(2)30-18-11-9-17(10-12-18)22-13-14-23(31-22)21-15-24(25(3,4)29)27-28(21)20-8-6-5-7-19(20)26/h5-16,29H,1-4H3. The summed E-state index contributed by atoms with van der Waals surface area (Å²) in [7, 11) is 0. The molecule has 2 aromatic heterocycles. The van der Waals surface area contributed by atoms with E-state index in [4.69, 9.17) is 16.3 Å². The molecule has 0 bridgehead atoms. The second kappa shape index (κ2) is 8.50. The lowest BCUT2D eigenvalue weighted by Gasteiger charge is -2.13. The van der Waals surface area contributed by atoms with Crippen molar-refractivity contribution in [2.75, 3.05) is 0 Å². The van der Waals surface area contributed by atoms with E-state index in [-0.39, 0.29) is 6.10 Å². The van der Waals surface area contributed by atoms with Crippen molar-refractivity contribution in [3.63, 3.8) is 0 Å². The largest absolute Gasteiger partial charge is 0.491 e. The number of halogens is 1. The highest BCUT2D eigenvalue weighted by atomic mass is 35.5. The zero-order chi connectivity index (χ0) is 22.2. The Labute approximate surface area is 191 Å². The summed E-state index contributed by atoms with van der Waals surface area (Å²) in [4.78, 5) is 2.18. The lowest BCUT2D eigenvalue weighted by molar-refractivity contribution is 0.0734. The van der Waals surface area contributed by atoms with Crippen molar-refractivity contribution in [2.45, 2.75) is 39.4 Å². The van der Waals surface area contributed by atoms with Crippen molar-refractivity contribution in [2.24, 2.45) is 0 Å². The monoisotopic (exact) mass is 452 g/mol. The van der Waals surface area contributed by atoms with Crippen LogP contribution in [-0.2, 0) is 5.60 Å². The van der Waals surface area contributed by atoms with Gasteiger partial charge in [-0.25, -0.2) is 4.68 Å². The van der Waals surface area contributed by atoms with E-state index in [1.165, 1.54) is 0 Å². The maximum atomic E-state index is 10.5. The number of ether oxygens (including phenoxy) is 1. The molecule has 0 amide bonds. The second-order valence-corrected chi connectivity index (χ2v) is 9.68. The molecule has 4 nitrogen and oxygen atoms in total. The third kappa shape index (κ3) is 4.69. The maximum absolute atomic E-state index is 10.5. The van der Waals surface area contributed by atoms with Crippen LogP contribution in [0.4, 0.5) is 0 Å². The highest BCUT2D eigenvalue weighted by molar-refractivity contribution is 7.18. The number of thiophene rings is 1. The van der Waals surface area contributed by atoms with Crippen molar-refractivity contribution in [1.29, 1.82) is 0 Å². The Morgan fingerprint density at radius 3 is 2.32 bits per heavy atom. The molecule has 0 aliphatic heterocycles. The van der Waals surface area contributed by atoms with Gasteiger partial charge < -0.3 is 9.84 Å². The van der Waals surface area contributed by atoms with E-state index in [1.807, 2.05) is 61.0 Å². The average Bonchev–Trinajstić information content (AvgIpc) is 3.35. The number of nitrogens with zero attached hydrogens (tertiary/aromatic N) is 2. The molecule has 0 atom stereocenters. The summed E-state index contributed by atoms with van der Waals surface area (Å²) in [6.07, 6.45) is 0.147. The number of benzene rings is 2. The SMILES string of the molecule is CC(C)Oc1ccc(-c2ccc(-c3cc(C(C)(C)O)nn3-c3ccccc3Cl)s2)cc1. The Hall–Kier alpha value is -2.60. The summed E-state index contributed by atoms with van der Waals surface area (Å²) < 4.78 is 7.56. The van der Waals surface area contributed by atoms with Gasteiger partial charge in [0.05, 0.1) is 33.1 Å². The maximum Gasteiger partial charge on any atom is 0.119 e. The molecule has 4 rings (SSSR count). The van der Waals surface area contributed by atoms with Gasteiger partial charge in [-0.1, -0.05) is 23.7 Å². The Balaban J connectivity index is 1.74. The fourth-order valence-electron chi connectivity index (χ4n) is 3.26. The molecule has 0 saturated heterocycles. The third-order valence-electron chi connectivity index (χ3n) is 4.79. The molecule has 1 N–H and O–H groups in total. The van der Waals surface area contributed by atoms with Crippen molar-refractivity contribution < 1.29 is 9.84 Å². The highest BCUT2D eigenvalue weighted by Gasteiger charge is 2.24. The molecule has 2 heterocycles. The predicted molar refractivity (Wildman–Crippen MR) is 128 cm³/mol. The van der Waals surface area contributed by atoms with Gasteiger partial charge in [-0.15, -0.1) is 11.3 Å². The predicted octanol–water partition coefficient (Wildman–Crippen LogP) is 6.94. The summed E-state index contributed by atoms with van der Waals surface area (Å²) in [6, 6.07) is 21.8. The van der Waals surface area contributed by atoms with E-state index in [0.29, 0.717) is 10.7 Å². The molecule has 160 valence electrons. The first-order chi connectivity index (χ1) is 14.7. The van der Waals surface area contributed by atoms with Crippen molar-refractivity contribution in [3.8, 4) is 32.4 Å². The van der Waals surface area contributed by atoms with E-state index >= 15 is 0 Å². The molecule has 6 heteroatoms. The number of aliphatic hydroxyl groups is 1. The smallest absolute Gasteiger partial charge is 0.119 e. The van der Waals surface area contributed by atoms with Gasteiger partial charge >= 0.3 is 0 Å². The minimum absolute atomic E-state index is 0.147. The van der Waals surface area contributed by atoms with Gasteiger partial charge in [0.2, 0.25) is 0 Å². The van der Waals surface area contributed by atoms with Crippen LogP contribution in [-0.4, -0.2) is 21.0 Å². The van der Waals surface area contributed by atoms with Crippen molar-refractivity contribution >= 4 is 22.9 Å². The van der Waals surface area contributed by atoms with Gasteiger partial charge in [0.15, 0.2) is 0 Å². The number of hydrogen-bond acceptors (Lipinski definition) is 4. The van der Waals surface area contributed by atoms with Crippen molar-refractivity contribution in [3.05, 3.63) is 77.4 Å². The minimum Gasteiger partial charge on any atom is -0.491 e. The van der Waals surface area contributed by atoms with Crippen LogP contribution in [0.15, 0.2) is 66.7 Å². The molecular weight excluding hydrogens is 428 g/mol. The van der Waals surface area contributed by atoms with Crippen LogP contribution in [0, 0.1) is 0 Å². The molecule has 0 aliphatic rings. The Morgan fingerprint density at radius 2 is 1.68 bits per heavy atom. The van der Waals surface area contributed by atoms with E-state index in [9.17, 15) is 5.11 Å². The van der Waals surface area contributed by atoms with Crippen LogP contribution in [0.5, 0.6) is 5.75 Å². The Kier molecular flexibility index (Phi) is 5.93. The lowest BCUT2D eigenvalue weighted by Crippen LogP contribution is -2.16. The Morgan fingerprint density at radius 1 is 1.00 bits per heavy atom. The summed E-state index contributed by atoms with van der Waals surface area (Å²) >= 11 is 8.13. The topological polar surface area (TPSA) is 47.3 Å². The van der Waals surface area contributed by atoms with Gasteiger partial charge in [-0.3, -0.25) is 0 Å². The molecule has 0 radical (unpaired) electrons. The van der Waals surface area contributed by atoms with Gasteiger partial charge in [-0.2, -0.15) is 5.10 Å². The third-order valence-corrected chi connectivity index (χ3v) is 6.26. The number of rotatable bonds is 6. The molecule has 2 aromatic carbocycles. The van der Waals surface area contributed by atoms with Gasteiger partial charge in [0.1, 0.15) is 11.4 Å². The molecular formula is C25H25ClN2O2S. The highest BCUT2D eigenvalue weighted by Crippen LogP contribution is 2.38. The van der Waals surface area contributed by atoms with Crippen LogP contribution >= 0.6 is 22.9 Å². The molecule has 31 heavy (non-hydrogen) atoms. The first-order valence-electron chi connectivity index (χ1n) is 10.2. The van der Waals surface area contributed by atoms with Crippen LogP contribution in [0.3, 0.4) is 0 Å². The van der Waals surface area contributed by atoms with Crippen LogP contribution < -0.4 is 4.74 Å². The van der Waals surface area contributed by atoms with Crippen molar-refractivity contribution in [1.82, 2.24) is 9.78 Å². The first-order valence-corrected chi connectivity index (χ1v) is 11.4. The number of hydrogen-bond donors (Lipinski definition) is 1. The van der Waals surface area contributed by atoms with E-state index < -0.39 is 5.60 Å². The average molecular weight is 453 g/mol. The number of para-hydroxylation sites is 1. The van der Waals surface area contributed by atoms with E-state index in [1.54, 1.807) is 25.2 Å². The lowest BCUT2D eigenvalue weighted by atomic mass is 10.1. The first kappa shape index (κ1) is 21.6. The summed E-state index contributed by atoms with van der Waals surface area (Å²) in [5, 5.41) is 15.8. The fraction of sp³-hybridized carbons (Fsp3) is 0.240. The molecule has 0 fully saturated rings. The molecule has 0 aliphatic carbocycles. The quantitative estimate of drug-likeness (QED) is 0.344. The zero-order valence-corrected chi connectivity index (χ0v) is 19.5. The second-order valence-electron chi connectivity index (χ2n) is 8.19. The van der Waals surface area contributed by atoms with Crippen LogP contribution in [0.25, 0.3) is 26.7 Å². The minimum atomic E-state index is -1.06. The molecule has 0 saturated carbocycles. The van der Waals surface area contributed by atoms with Gasteiger partial charge in [0.25, 0.3) is 0 Å². The van der Waals surface area contributed by atoms with Gasteiger partial charge in [-0.05, 0) is 87.9 Å². The Bertz CT molecular complexity index is 1190. The summed E-state index contributed by atoms with van der Waals surface area (Å²) in [5.74, 6) is 0.863. The summed E-state index contributed by atoms with van der Waals surface area (Å²) in [5.41, 5.74) is 2.32. The zero-order valence-electron chi connectivity index (χ0n) is 18.0. The van der Waals surface area contributed by atoms with Gasteiger partial charge in [0, 0.05) is 4.88 Å². The normalized spacial score (nSPS) is 11.8. The number of aromatic nitrogens is 2. The van der Waals surface area contributed by atoms with E-state index in [0.717, 1.165) is 32.4 Å². The fourth-order valence-corrected chi connectivity index (χ4v) is 4.49. The molecule has 4 aromatic rings. The molecule has 0 spiro atoms. The van der Waals surface area contributed by atoms with E-state index in [2.05, 4.69) is 29.4 Å². The van der Waals surface area contributed by atoms with Crippen LogP contribution in [0.1, 0.15) is 33.4 Å². The molecule has 0 unspecified atom stereocenters. The summed E-state index contributed by atoms with van der Waals surface area (Å²) in [6.45, 7) is 7.50. The van der Waals surface area contributed by atoms with Crippen LogP contribution in [0.2, 0.25) is 5.02 Å².